The predicted octanol–water partition coefficient (Wildman–Crippen LogP) is 2.80. The molecule has 1 fully saturated rings. The van der Waals surface area contributed by atoms with Crippen LogP contribution in [0.2, 0.25) is 0 Å². The molecular formula is C14H21N3O2. The van der Waals surface area contributed by atoms with Gasteiger partial charge in [0.25, 0.3) is 5.69 Å². The molecule has 1 aliphatic rings. The highest BCUT2D eigenvalue weighted by Gasteiger charge is 2.28. The molecule has 0 aliphatic heterocycles. The Morgan fingerprint density at radius 2 is 2.21 bits per heavy atom. The molecule has 0 amide bonds. The van der Waals surface area contributed by atoms with Crippen LogP contribution in [0.15, 0.2) is 18.2 Å². The Morgan fingerprint density at radius 3 is 2.74 bits per heavy atom. The van der Waals surface area contributed by atoms with Crippen LogP contribution in [0.4, 0.5) is 11.4 Å². The van der Waals surface area contributed by atoms with Crippen LogP contribution in [0.3, 0.4) is 0 Å². The first-order valence-electron chi connectivity index (χ1n) is 6.70. The average Bonchev–Trinajstić information content (AvgIpc) is 3.18. The summed E-state index contributed by atoms with van der Waals surface area (Å²) in [5.74, 6) is 0. The molecule has 1 atom stereocenters. The number of hydrogen-bond donors (Lipinski definition) is 1. The van der Waals surface area contributed by atoms with Gasteiger partial charge in [-0.2, -0.15) is 0 Å². The maximum absolute atomic E-state index is 10.7. The largest absolute Gasteiger partial charge is 0.383 e. The third-order valence-corrected chi connectivity index (χ3v) is 3.81. The highest BCUT2D eigenvalue weighted by molar-refractivity contribution is 5.53. The van der Waals surface area contributed by atoms with Crippen molar-refractivity contribution in [2.75, 3.05) is 18.9 Å². The van der Waals surface area contributed by atoms with Crippen LogP contribution in [-0.4, -0.2) is 35.5 Å². The van der Waals surface area contributed by atoms with Crippen molar-refractivity contribution < 1.29 is 4.92 Å². The topological polar surface area (TPSA) is 58.4 Å². The lowest BCUT2D eigenvalue weighted by Crippen LogP contribution is -2.36. The van der Waals surface area contributed by atoms with E-state index in [4.69, 9.17) is 0 Å². The quantitative estimate of drug-likeness (QED) is 0.633. The molecule has 5 nitrogen and oxygen atoms in total. The molecule has 1 saturated carbocycles. The maximum Gasteiger partial charge on any atom is 0.272 e. The Hall–Kier alpha value is -1.62. The van der Waals surface area contributed by atoms with Crippen molar-refractivity contribution in [3.8, 4) is 0 Å². The molecule has 0 radical (unpaired) electrons. The first-order chi connectivity index (χ1) is 8.99. The Kier molecular flexibility index (Phi) is 4.04. The standard InChI is InChI=1S/C14H21N3O2/c1-10-8-12(4-7-14(10)17(18)19)15-9-11(2)16(3)13-5-6-13/h4,7-8,11,13,15H,5-6,9H2,1-3H3. The van der Waals surface area contributed by atoms with Crippen molar-refractivity contribution in [3.05, 3.63) is 33.9 Å². The molecular weight excluding hydrogens is 242 g/mol. The van der Waals surface area contributed by atoms with Gasteiger partial charge in [-0.05, 0) is 45.9 Å². The van der Waals surface area contributed by atoms with E-state index < -0.39 is 0 Å². The number of nitrogens with zero attached hydrogens (tertiary/aromatic N) is 2. The smallest absolute Gasteiger partial charge is 0.272 e. The predicted molar refractivity (Wildman–Crippen MR) is 76.6 cm³/mol. The van der Waals surface area contributed by atoms with Gasteiger partial charge in [-0.15, -0.1) is 0 Å². The van der Waals surface area contributed by atoms with E-state index in [9.17, 15) is 10.1 Å². The Labute approximate surface area is 113 Å². The molecule has 0 bridgehead atoms. The first-order valence-corrected chi connectivity index (χ1v) is 6.70. The van der Waals surface area contributed by atoms with E-state index in [2.05, 4.69) is 24.2 Å². The molecule has 2 rings (SSSR count). The lowest BCUT2D eigenvalue weighted by molar-refractivity contribution is -0.385. The van der Waals surface area contributed by atoms with E-state index in [0.29, 0.717) is 11.6 Å². The summed E-state index contributed by atoms with van der Waals surface area (Å²) in [6, 6.07) is 6.38. The summed E-state index contributed by atoms with van der Waals surface area (Å²) in [7, 11) is 2.16. The number of likely N-dealkylation sites (N-methyl/N-ethyl adjacent to an activating group) is 1. The molecule has 19 heavy (non-hydrogen) atoms. The van der Waals surface area contributed by atoms with Crippen molar-refractivity contribution in [1.29, 1.82) is 0 Å². The lowest BCUT2D eigenvalue weighted by atomic mass is 10.1. The Bertz CT molecular complexity index is 472. The van der Waals surface area contributed by atoms with Gasteiger partial charge in [-0.25, -0.2) is 0 Å². The number of nitro groups is 1. The van der Waals surface area contributed by atoms with E-state index in [-0.39, 0.29) is 10.6 Å². The lowest BCUT2D eigenvalue weighted by Gasteiger charge is -2.25. The molecule has 1 N–H and O–H groups in total. The molecule has 0 heterocycles. The van der Waals surface area contributed by atoms with Crippen LogP contribution in [0.1, 0.15) is 25.3 Å². The number of anilines is 1. The number of nitro benzene ring substituents is 1. The van der Waals surface area contributed by atoms with Gasteiger partial charge in [0.1, 0.15) is 0 Å². The zero-order valence-corrected chi connectivity index (χ0v) is 11.7. The van der Waals surface area contributed by atoms with Crippen LogP contribution in [0.5, 0.6) is 0 Å². The number of nitrogens with one attached hydrogen (secondary N) is 1. The van der Waals surface area contributed by atoms with Crippen LogP contribution < -0.4 is 5.32 Å². The Balaban J connectivity index is 1.92. The number of benzene rings is 1. The van der Waals surface area contributed by atoms with Crippen molar-refractivity contribution >= 4 is 11.4 Å². The summed E-state index contributed by atoms with van der Waals surface area (Å²) in [6.07, 6.45) is 2.61. The molecule has 104 valence electrons. The Morgan fingerprint density at radius 1 is 1.53 bits per heavy atom. The van der Waals surface area contributed by atoms with E-state index in [1.807, 2.05) is 6.07 Å². The van der Waals surface area contributed by atoms with E-state index >= 15 is 0 Å². The van der Waals surface area contributed by atoms with Gasteiger partial charge in [-0.1, -0.05) is 0 Å². The monoisotopic (exact) mass is 263 g/mol. The third kappa shape index (κ3) is 3.44. The molecule has 5 heteroatoms. The summed E-state index contributed by atoms with van der Waals surface area (Å²) in [6.45, 7) is 4.82. The van der Waals surface area contributed by atoms with Crippen LogP contribution in [0, 0.1) is 17.0 Å². The molecule has 0 spiro atoms. The van der Waals surface area contributed by atoms with Crippen LogP contribution >= 0.6 is 0 Å². The third-order valence-electron chi connectivity index (χ3n) is 3.81. The SMILES string of the molecule is Cc1cc(NCC(C)N(C)C2CC2)ccc1[N+](=O)[O-]. The summed E-state index contributed by atoms with van der Waals surface area (Å²) in [5.41, 5.74) is 1.81. The summed E-state index contributed by atoms with van der Waals surface area (Å²) >= 11 is 0. The minimum atomic E-state index is -0.345. The second-order valence-corrected chi connectivity index (χ2v) is 5.38. The van der Waals surface area contributed by atoms with Crippen molar-refractivity contribution in [3.63, 3.8) is 0 Å². The normalized spacial score (nSPS) is 16.4. The van der Waals surface area contributed by atoms with Crippen LogP contribution in [0.25, 0.3) is 0 Å². The van der Waals surface area contributed by atoms with Gasteiger partial charge in [0.05, 0.1) is 4.92 Å². The van der Waals surface area contributed by atoms with E-state index in [0.717, 1.165) is 18.3 Å². The number of rotatable bonds is 6. The minimum absolute atomic E-state index is 0.175. The summed E-state index contributed by atoms with van der Waals surface area (Å²) in [4.78, 5) is 12.8. The zero-order valence-electron chi connectivity index (χ0n) is 11.7. The molecule has 1 aromatic rings. The van der Waals surface area contributed by atoms with Gasteiger partial charge >= 0.3 is 0 Å². The fourth-order valence-corrected chi connectivity index (χ4v) is 2.22. The molecule has 0 saturated heterocycles. The average molecular weight is 263 g/mol. The van der Waals surface area contributed by atoms with Crippen molar-refractivity contribution in [1.82, 2.24) is 4.90 Å². The molecule has 0 aromatic heterocycles. The highest BCUT2D eigenvalue weighted by Crippen LogP contribution is 2.27. The second kappa shape index (κ2) is 5.57. The second-order valence-electron chi connectivity index (χ2n) is 5.38. The summed E-state index contributed by atoms with van der Waals surface area (Å²) in [5, 5.41) is 14.1. The fourth-order valence-electron chi connectivity index (χ4n) is 2.22. The fraction of sp³-hybridized carbons (Fsp3) is 0.571. The van der Waals surface area contributed by atoms with Gasteiger partial charge in [0, 0.05) is 35.9 Å². The number of aryl methyl sites for hydroxylation is 1. The summed E-state index contributed by atoms with van der Waals surface area (Å²) < 4.78 is 0. The maximum atomic E-state index is 10.7. The van der Waals surface area contributed by atoms with E-state index in [1.165, 1.54) is 12.8 Å². The van der Waals surface area contributed by atoms with Gasteiger partial charge < -0.3 is 5.32 Å². The highest BCUT2D eigenvalue weighted by atomic mass is 16.6. The van der Waals surface area contributed by atoms with Gasteiger partial charge in [-0.3, -0.25) is 15.0 Å². The number of hydrogen-bond acceptors (Lipinski definition) is 4. The molecule has 1 aliphatic carbocycles. The minimum Gasteiger partial charge on any atom is -0.383 e. The molecule has 1 aromatic carbocycles. The first kappa shape index (κ1) is 13.8. The zero-order chi connectivity index (χ0) is 14.0. The van der Waals surface area contributed by atoms with Gasteiger partial charge in [0.15, 0.2) is 0 Å². The van der Waals surface area contributed by atoms with E-state index in [1.54, 1.807) is 19.1 Å². The van der Waals surface area contributed by atoms with Crippen molar-refractivity contribution in [2.24, 2.45) is 0 Å². The molecule has 1 unspecified atom stereocenters. The van der Waals surface area contributed by atoms with Crippen molar-refractivity contribution in [2.45, 2.75) is 38.8 Å². The van der Waals surface area contributed by atoms with Crippen LogP contribution in [-0.2, 0) is 0 Å². The van der Waals surface area contributed by atoms with Gasteiger partial charge in [0.2, 0.25) is 0 Å².